The minimum atomic E-state index is -3.15. The second kappa shape index (κ2) is 19.7. The first kappa shape index (κ1) is 48.2. The Bertz CT molecular complexity index is 1820. The number of nitrogen functional groups attached to an aromatic ring is 1. The number of esters is 1. The van der Waals surface area contributed by atoms with Gasteiger partial charge in [-0.25, -0.2) is 19.0 Å². The number of cyclic esters (lactones) is 1. The first-order valence-corrected chi connectivity index (χ1v) is 21.2. The van der Waals surface area contributed by atoms with E-state index in [1.165, 1.54) is 14.0 Å². The molecule has 5 heterocycles. The number of hydrogen-bond acceptors (Lipinski definition) is 16. The summed E-state index contributed by atoms with van der Waals surface area (Å²) in [4.78, 5) is 49.9. The van der Waals surface area contributed by atoms with E-state index in [1.807, 2.05) is 32.8 Å². The molecule has 3 fully saturated rings. The van der Waals surface area contributed by atoms with Crippen molar-refractivity contribution < 1.29 is 52.3 Å². The Morgan fingerprint density at radius 3 is 2.43 bits per heavy atom. The highest BCUT2D eigenvalue weighted by Crippen LogP contribution is 2.41. The van der Waals surface area contributed by atoms with Crippen LogP contribution in [0.2, 0.25) is 0 Å². The summed E-state index contributed by atoms with van der Waals surface area (Å²) in [6.07, 6.45) is -2.08. The smallest absolute Gasteiger partial charge is 0.410 e. The van der Waals surface area contributed by atoms with Crippen LogP contribution in [0.5, 0.6) is 0 Å². The van der Waals surface area contributed by atoms with Crippen molar-refractivity contribution in [1.82, 2.24) is 35.1 Å². The lowest BCUT2D eigenvalue weighted by Gasteiger charge is -2.48. The zero-order valence-electron chi connectivity index (χ0n) is 37.5. The molecular formula is C42H67FN8O10. The third kappa shape index (κ3) is 10.3. The lowest BCUT2D eigenvalue weighted by Crippen LogP contribution is -2.64. The van der Waals surface area contributed by atoms with Gasteiger partial charge in [-0.2, -0.15) is 0 Å². The number of hydrogen-bond donors (Lipinski definition) is 3. The molecule has 0 aromatic carbocycles. The Labute approximate surface area is 358 Å². The molecule has 0 radical (unpaired) electrons. The predicted octanol–water partition coefficient (Wildman–Crippen LogP) is 3.15. The van der Waals surface area contributed by atoms with Gasteiger partial charge < -0.3 is 49.5 Å². The highest BCUT2D eigenvalue weighted by atomic mass is 19.1. The molecule has 0 unspecified atom stereocenters. The van der Waals surface area contributed by atoms with Gasteiger partial charge in [0, 0.05) is 51.4 Å². The van der Waals surface area contributed by atoms with Crippen molar-refractivity contribution >= 4 is 23.7 Å². The average Bonchev–Trinajstić information content (AvgIpc) is 3.78. The number of carbonyl (C=O) groups is 3. The number of anilines is 1. The second-order valence-corrected chi connectivity index (χ2v) is 17.6. The molecule has 4 N–H and O–H groups in total. The minimum Gasteiger partial charge on any atom is -0.455 e. The number of aliphatic hydroxyl groups excluding tert-OH is 1. The van der Waals surface area contributed by atoms with Gasteiger partial charge in [0.05, 0.1) is 42.3 Å². The number of methoxy groups -OCH3 is 2. The van der Waals surface area contributed by atoms with Crippen LogP contribution in [0.15, 0.2) is 24.4 Å². The van der Waals surface area contributed by atoms with Crippen LogP contribution in [-0.2, 0) is 44.6 Å². The van der Waals surface area contributed by atoms with Crippen LogP contribution in [-0.4, -0.2) is 166 Å². The number of nitrogens with zero attached hydrogens (tertiary/aromatic N) is 6. The number of rotatable bonds is 13. The minimum absolute atomic E-state index is 0.151. The van der Waals surface area contributed by atoms with Crippen LogP contribution < -0.4 is 11.1 Å². The molecule has 2 aromatic heterocycles. The average molecular weight is 863 g/mol. The van der Waals surface area contributed by atoms with Crippen LogP contribution >= 0.6 is 0 Å². The Morgan fingerprint density at radius 2 is 1.79 bits per heavy atom. The fourth-order valence-corrected chi connectivity index (χ4v) is 9.46. The molecule has 18 nitrogen and oxygen atoms in total. The summed E-state index contributed by atoms with van der Waals surface area (Å²) in [7, 11) is 6.67. The standard InChI is InChI=1S/C42H67FN8O10/c1-12-31-42(7)34(51(39(55)61-42)19-14-13-18-50-22-29(47-48-50)28-16-15-17-32(44)46-28)26(4)45-24(2)21-40(5,57-11)36(25(3)35(53)41(6,43)38(54)59-31)60-37-33(52)30(49(8)9)20-27(58-37)23-56-10/h15-17,22,24-27,30-31,33-34,36-37,45,52H,12-14,18-21,23H2,1-11H3,(H2,44,46)/t24-,25+,26+,27+,30+,31+,33-,34-,36-,37+,40+,41+,42-/m1/s1. The number of pyridine rings is 1. The van der Waals surface area contributed by atoms with Crippen LogP contribution in [0.1, 0.15) is 80.6 Å². The number of ether oxygens (including phenoxy) is 6. The van der Waals surface area contributed by atoms with Crippen molar-refractivity contribution in [2.24, 2.45) is 5.92 Å². The summed E-state index contributed by atoms with van der Waals surface area (Å²) in [5, 5.41) is 23.6. The summed E-state index contributed by atoms with van der Waals surface area (Å²) >= 11 is 0. The molecule has 2 aromatic rings. The number of Topliss-reactive ketones (excluding diaryl/α,β-unsaturated/α-hetero) is 1. The summed E-state index contributed by atoms with van der Waals surface area (Å²) in [6, 6.07) is 3.35. The second-order valence-electron chi connectivity index (χ2n) is 17.6. The molecule has 61 heavy (non-hydrogen) atoms. The number of alkyl halides is 1. The molecule has 0 bridgehead atoms. The molecule has 0 spiro atoms. The SMILES string of the molecule is CC[C@@H]1OC(=O)[C@@](C)(F)C(=O)[C@H](C)[C@@H](O[C@@H]2O[C@H](COC)C[C@H](N(C)C)[C@H]2O)[C@@](C)(OC)C[C@@H](C)N[C@@H](C)[C@H]2N(CCCCn3cc(-c4cccc(N)n4)nn3)C(=O)O[C@]12C. The Balaban J connectivity index is 1.43. The van der Waals surface area contributed by atoms with E-state index in [4.69, 9.17) is 34.2 Å². The zero-order valence-corrected chi connectivity index (χ0v) is 37.5. The molecule has 342 valence electrons. The Morgan fingerprint density at radius 1 is 1.08 bits per heavy atom. The lowest BCUT2D eigenvalue weighted by molar-refractivity contribution is -0.301. The van der Waals surface area contributed by atoms with E-state index in [0.717, 1.165) is 6.92 Å². The van der Waals surface area contributed by atoms with Gasteiger partial charge in [-0.1, -0.05) is 25.1 Å². The van der Waals surface area contributed by atoms with E-state index in [2.05, 4.69) is 20.6 Å². The van der Waals surface area contributed by atoms with Crippen molar-refractivity contribution in [2.45, 2.75) is 159 Å². The molecule has 3 aliphatic heterocycles. The van der Waals surface area contributed by atoms with Crippen molar-refractivity contribution in [3.05, 3.63) is 24.4 Å². The molecule has 1 amide bonds. The van der Waals surface area contributed by atoms with E-state index < -0.39 is 89.5 Å². The normalized spacial score (nSPS) is 36.7. The molecule has 3 aliphatic rings. The van der Waals surface area contributed by atoms with Gasteiger partial charge in [0.1, 0.15) is 23.7 Å². The molecule has 3 saturated heterocycles. The summed E-state index contributed by atoms with van der Waals surface area (Å²) in [5.74, 6) is -3.46. The summed E-state index contributed by atoms with van der Waals surface area (Å²) in [6.45, 7) is 12.4. The molecule has 13 atom stereocenters. The maximum Gasteiger partial charge on any atom is 0.410 e. The van der Waals surface area contributed by atoms with Gasteiger partial charge in [0.25, 0.3) is 5.67 Å². The van der Waals surface area contributed by atoms with Gasteiger partial charge in [-0.3, -0.25) is 14.4 Å². The number of aromatic nitrogens is 4. The van der Waals surface area contributed by atoms with Gasteiger partial charge in [0.2, 0.25) is 0 Å². The van der Waals surface area contributed by atoms with Crippen molar-refractivity contribution in [2.75, 3.05) is 47.2 Å². The van der Waals surface area contributed by atoms with E-state index in [9.17, 15) is 19.5 Å². The van der Waals surface area contributed by atoms with Crippen LogP contribution in [0.25, 0.3) is 11.4 Å². The number of ketones is 1. The Kier molecular flexibility index (Phi) is 15.5. The van der Waals surface area contributed by atoms with Crippen molar-refractivity contribution in [3.63, 3.8) is 0 Å². The number of nitrogens with one attached hydrogen (secondary N) is 1. The molecule has 5 rings (SSSR count). The van der Waals surface area contributed by atoms with Crippen LogP contribution in [0, 0.1) is 5.92 Å². The summed E-state index contributed by atoms with van der Waals surface area (Å²) < 4.78 is 55.0. The van der Waals surface area contributed by atoms with E-state index in [0.29, 0.717) is 43.0 Å². The maximum atomic E-state index is 17.0. The number of carbonyl (C=O) groups excluding carboxylic acids is 3. The van der Waals surface area contributed by atoms with Crippen LogP contribution in [0.4, 0.5) is 15.0 Å². The number of amides is 1. The number of fused-ring (bicyclic) bond motifs is 1. The number of unbranched alkanes of at least 4 members (excludes halogenated alkanes) is 1. The molecular weight excluding hydrogens is 796 g/mol. The number of likely N-dealkylation sites (N-methyl/N-ethyl adjacent to an activating group) is 1. The fraction of sp³-hybridized carbons (Fsp3) is 0.762. The maximum absolute atomic E-state index is 17.0. The molecule has 0 aliphatic carbocycles. The highest BCUT2D eigenvalue weighted by Gasteiger charge is 2.60. The lowest BCUT2D eigenvalue weighted by atomic mass is 9.78. The van der Waals surface area contributed by atoms with Gasteiger partial charge in [0.15, 0.2) is 17.7 Å². The highest BCUT2D eigenvalue weighted by molar-refractivity contribution is 6.07. The molecule has 19 heteroatoms. The van der Waals surface area contributed by atoms with Crippen molar-refractivity contribution in [1.29, 1.82) is 0 Å². The number of aryl methyl sites for hydroxylation is 1. The third-order valence-corrected chi connectivity index (χ3v) is 12.6. The monoisotopic (exact) mass is 862 g/mol. The summed E-state index contributed by atoms with van der Waals surface area (Å²) in [5.41, 5.74) is 1.11. The zero-order chi connectivity index (χ0) is 45.0. The fourth-order valence-electron chi connectivity index (χ4n) is 9.46. The third-order valence-electron chi connectivity index (χ3n) is 12.6. The van der Waals surface area contributed by atoms with E-state index in [-0.39, 0.29) is 32.0 Å². The van der Waals surface area contributed by atoms with E-state index >= 15 is 4.39 Å². The first-order chi connectivity index (χ1) is 28.7. The van der Waals surface area contributed by atoms with E-state index in [1.54, 1.807) is 61.9 Å². The van der Waals surface area contributed by atoms with Crippen LogP contribution in [0.3, 0.4) is 0 Å². The number of halogens is 1. The number of aliphatic hydroxyl groups is 1. The number of nitrogens with two attached hydrogens (primary N) is 1. The first-order valence-electron chi connectivity index (χ1n) is 21.2. The quantitative estimate of drug-likeness (QED) is 0.150. The van der Waals surface area contributed by atoms with Gasteiger partial charge in [-0.15, -0.1) is 5.10 Å². The predicted molar refractivity (Wildman–Crippen MR) is 222 cm³/mol. The van der Waals surface area contributed by atoms with Crippen molar-refractivity contribution in [3.8, 4) is 11.4 Å². The Hall–Kier alpha value is -3.85. The van der Waals surface area contributed by atoms with Gasteiger partial charge >= 0.3 is 12.1 Å². The topological polar surface area (TPSA) is 215 Å². The molecule has 0 saturated carbocycles. The van der Waals surface area contributed by atoms with Gasteiger partial charge in [-0.05, 0) is 93.0 Å². The largest absolute Gasteiger partial charge is 0.455 e.